The Bertz CT molecular complexity index is 562. The van der Waals surface area contributed by atoms with Crippen LogP contribution in [-0.2, 0) is 0 Å². The number of amides is 1. The number of nitrogens with one attached hydrogen (secondary N) is 2. The van der Waals surface area contributed by atoms with Gasteiger partial charge in [0.2, 0.25) is 0 Å². The van der Waals surface area contributed by atoms with Crippen molar-refractivity contribution in [3.63, 3.8) is 0 Å². The second kappa shape index (κ2) is 6.95. The molecule has 0 aliphatic heterocycles. The van der Waals surface area contributed by atoms with Gasteiger partial charge in [0.05, 0.1) is 13.2 Å². The highest BCUT2D eigenvalue weighted by molar-refractivity contribution is 5.92. The summed E-state index contributed by atoms with van der Waals surface area (Å²) in [6.45, 7) is 0.539. The van der Waals surface area contributed by atoms with E-state index in [1.807, 2.05) is 44.4 Å². The first-order valence-corrected chi connectivity index (χ1v) is 6.83. The molecule has 5 nitrogen and oxygen atoms in total. The largest absolute Gasteiger partial charge is 0.497 e. The molecule has 21 heavy (non-hydrogen) atoms. The van der Waals surface area contributed by atoms with E-state index in [9.17, 15) is 4.79 Å². The van der Waals surface area contributed by atoms with Crippen molar-refractivity contribution < 1.29 is 9.53 Å². The molecule has 0 saturated heterocycles. The average Bonchev–Trinajstić information content (AvgIpc) is 3.02. The molecule has 0 radical (unpaired) electrons. The number of hydrogen-bond donors (Lipinski definition) is 2. The van der Waals surface area contributed by atoms with E-state index < -0.39 is 0 Å². The van der Waals surface area contributed by atoms with E-state index in [-0.39, 0.29) is 11.9 Å². The van der Waals surface area contributed by atoms with Gasteiger partial charge < -0.3 is 19.9 Å². The Morgan fingerprint density at radius 1 is 1.29 bits per heavy atom. The highest BCUT2D eigenvalue weighted by atomic mass is 16.5. The molecular formula is C16H21N3O2. The molecule has 2 aromatic rings. The van der Waals surface area contributed by atoms with E-state index in [0.717, 1.165) is 11.3 Å². The first-order valence-electron chi connectivity index (χ1n) is 6.83. The second-order valence-electron chi connectivity index (χ2n) is 5.05. The summed E-state index contributed by atoms with van der Waals surface area (Å²) in [5.74, 6) is 0.729. The third-order valence-corrected chi connectivity index (χ3v) is 3.42. The molecule has 1 amide bonds. The van der Waals surface area contributed by atoms with Gasteiger partial charge in [-0.15, -0.1) is 0 Å². The molecule has 5 heteroatoms. The maximum atomic E-state index is 12.0. The molecule has 0 spiro atoms. The Kier molecular flexibility index (Phi) is 5.00. The van der Waals surface area contributed by atoms with Crippen LogP contribution >= 0.6 is 0 Å². The molecule has 0 aliphatic carbocycles. The predicted octanol–water partition coefficient (Wildman–Crippen LogP) is 2.06. The summed E-state index contributed by atoms with van der Waals surface area (Å²) in [6, 6.07) is 11.6. The van der Waals surface area contributed by atoms with Gasteiger partial charge in [0.15, 0.2) is 0 Å². The van der Waals surface area contributed by atoms with Crippen LogP contribution in [0, 0.1) is 0 Å². The van der Waals surface area contributed by atoms with Gasteiger partial charge in [-0.1, -0.05) is 12.1 Å². The monoisotopic (exact) mass is 287 g/mol. The van der Waals surface area contributed by atoms with E-state index in [2.05, 4.69) is 15.2 Å². The Morgan fingerprint density at radius 3 is 2.52 bits per heavy atom. The van der Waals surface area contributed by atoms with Crippen LogP contribution in [-0.4, -0.2) is 43.5 Å². The van der Waals surface area contributed by atoms with Crippen molar-refractivity contribution >= 4 is 5.91 Å². The van der Waals surface area contributed by atoms with Crippen LogP contribution < -0.4 is 10.1 Å². The van der Waals surface area contributed by atoms with Gasteiger partial charge in [0.1, 0.15) is 11.4 Å². The lowest BCUT2D eigenvalue weighted by Crippen LogP contribution is -2.34. The molecule has 0 aliphatic rings. The molecule has 0 bridgehead atoms. The summed E-state index contributed by atoms with van der Waals surface area (Å²) in [5.41, 5.74) is 1.70. The number of ether oxygens (including phenoxy) is 1. The van der Waals surface area contributed by atoms with Crippen molar-refractivity contribution in [1.82, 2.24) is 15.2 Å². The van der Waals surface area contributed by atoms with Crippen molar-refractivity contribution in [2.45, 2.75) is 6.04 Å². The summed E-state index contributed by atoms with van der Waals surface area (Å²) in [4.78, 5) is 17.0. The minimum Gasteiger partial charge on any atom is -0.497 e. The number of benzene rings is 1. The number of methoxy groups -OCH3 is 1. The molecule has 112 valence electrons. The van der Waals surface area contributed by atoms with Gasteiger partial charge in [0.25, 0.3) is 5.91 Å². The van der Waals surface area contributed by atoms with Gasteiger partial charge in [-0.05, 0) is 43.9 Å². The van der Waals surface area contributed by atoms with E-state index >= 15 is 0 Å². The lowest BCUT2D eigenvalue weighted by atomic mass is 10.1. The molecule has 1 aromatic carbocycles. The van der Waals surface area contributed by atoms with E-state index in [1.165, 1.54) is 0 Å². The SMILES string of the molecule is COc1ccc(C(CNC(=O)c2ccc[nH]2)N(C)C)cc1. The Balaban J connectivity index is 2.03. The van der Waals surface area contributed by atoms with Crippen molar-refractivity contribution in [3.05, 3.63) is 53.9 Å². The summed E-state index contributed by atoms with van der Waals surface area (Å²) >= 11 is 0. The predicted molar refractivity (Wildman–Crippen MR) is 82.5 cm³/mol. The number of aromatic nitrogens is 1. The zero-order valence-corrected chi connectivity index (χ0v) is 12.6. The minimum atomic E-state index is -0.0969. The van der Waals surface area contributed by atoms with Crippen molar-refractivity contribution in [1.29, 1.82) is 0 Å². The molecule has 2 N–H and O–H groups in total. The van der Waals surface area contributed by atoms with Crippen LogP contribution in [0.25, 0.3) is 0 Å². The molecule has 0 fully saturated rings. The molecule has 1 aromatic heterocycles. The van der Waals surface area contributed by atoms with Crippen LogP contribution in [0.3, 0.4) is 0 Å². The minimum absolute atomic E-state index is 0.0969. The number of likely N-dealkylation sites (N-methyl/N-ethyl adjacent to an activating group) is 1. The fraction of sp³-hybridized carbons (Fsp3) is 0.312. The maximum Gasteiger partial charge on any atom is 0.267 e. The van der Waals surface area contributed by atoms with Crippen molar-refractivity contribution in [2.75, 3.05) is 27.7 Å². The van der Waals surface area contributed by atoms with Crippen LogP contribution in [0.1, 0.15) is 22.1 Å². The summed E-state index contributed by atoms with van der Waals surface area (Å²) < 4.78 is 5.17. The number of carbonyl (C=O) groups is 1. The zero-order chi connectivity index (χ0) is 15.2. The number of rotatable bonds is 6. The van der Waals surface area contributed by atoms with E-state index in [4.69, 9.17) is 4.74 Å². The van der Waals surface area contributed by atoms with Crippen LogP contribution in [0.4, 0.5) is 0 Å². The highest BCUT2D eigenvalue weighted by Crippen LogP contribution is 2.20. The topological polar surface area (TPSA) is 57.4 Å². The Morgan fingerprint density at radius 2 is 2.00 bits per heavy atom. The highest BCUT2D eigenvalue weighted by Gasteiger charge is 2.16. The fourth-order valence-corrected chi connectivity index (χ4v) is 2.18. The molecule has 1 atom stereocenters. The smallest absolute Gasteiger partial charge is 0.267 e. The number of carbonyl (C=O) groups excluding carboxylic acids is 1. The lowest BCUT2D eigenvalue weighted by Gasteiger charge is -2.25. The van der Waals surface area contributed by atoms with Gasteiger partial charge in [0, 0.05) is 12.7 Å². The van der Waals surface area contributed by atoms with Crippen LogP contribution in [0.15, 0.2) is 42.6 Å². The lowest BCUT2D eigenvalue weighted by molar-refractivity contribution is 0.0937. The molecule has 2 rings (SSSR count). The quantitative estimate of drug-likeness (QED) is 0.855. The van der Waals surface area contributed by atoms with Crippen LogP contribution in [0.5, 0.6) is 5.75 Å². The summed E-state index contributed by atoms with van der Waals surface area (Å²) in [7, 11) is 5.64. The maximum absolute atomic E-state index is 12.0. The summed E-state index contributed by atoms with van der Waals surface area (Å²) in [6.07, 6.45) is 1.74. The van der Waals surface area contributed by atoms with Crippen molar-refractivity contribution in [3.8, 4) is 5.75 Å². The van der Waals surface area contributed by atoms with Crippen molar-refractivity contribution in [2.24, 2.45) is 0 Å². The van der Waals surface area contributed by atoms with Gasteiger partial charge in [-0.25, -0.2) is 0 Å². The normalized spacial score (nSPS) is 12.2. The van der Waals surface area contributed by atoms with Gasteiger partial charge in [-0.2, -0.15) is 0 Å². The first-order chi connectivity index (χ1) is 10.1. The second-order valence-corrected chi connectivity index (χ2v) is 5.05. The standard InChI is InChI=1S/C16H21N3O2/c1-19(2)15(12-6-8-13(21-3)9-7-12)11-18-16(20)14-5-4-10-17-14/h4-10,15,17H,11H2,1-3H3,(H,18,20). The fourth-order valence-electron chi connectivity index (χ4n) is 2.18. The average molecular weight is 287 g/mol. The van der Waals surface area contributed by atoms with Gasteiger partial charge in [-0.3, -0.25) is 4.79 Å². The van der Waals surface area contributed by atoms with E-state index in [0.29, 0.717) is 12.2 Å². The molecule has 0 saturated carbocycles. The Hall–Kier alpha value is -2.27. The molecule has 1 heterocycles. The molecule has 1 unspecified atom stereocenters. The zero-order valence-electron chi connectivity index (χ0n) is 12.6. The van der Waals surface area contributed by atoms with Gasteiger partial charge >= 0.3 is 0 Å². The third kappa shape index (κ3) is 3.86. The number of H-pyrrole nitrogens is 1. The Labute approximate surface area is 124 Å². The summed E-state index contributed by atoms with van der Waals surface area (Å²) in [5, 5.41) is 2.95. The van der Waals surface area contributed by atoms with Crippen LogP contribution in [0.2, 0.25) is 0 Å². The number of nitrogens with zero attached hydrogens (tertiary/aromatic N) is 1. The molecular weight excluding hydrogens is 266 g/mol. The number of hydrogen-bond acceptors (Lipinski definition) is 3. The first kappa shape index (κ1) is 15.1. The third-order valence-electron chi connectivity index (χ3n) is 3.42. The van der Waals surface area contributed by atoms with E-state index in [1.54, 1.807) is 19.4 Å². The number of aromatic amines is 1.